The van der Waals surface area contributed by atoms with Crippen molar-refractivity contribution in [2.24, 2.45) is 0 Å². The fraction of sp³-hybridized carbons (Fsp3) is 0.650. The molecule has 0 atom stereocenters. The molecule has 1 aliphatic rings. The van der Waals surface area contributed by atoms with Crippen LogP contribution in [0.3, 0.4) is 0 Å². The molecule has 0 aliphatic carbocycles. The predicted molar refractivity (Wildman–Crippen MR) is 97.0 cm³/mol. The molecule has 1 N–H and O–H groups in total. The molecule has 1 aliphatic heterocycles. The Morgan fingerprint density at radius 1 is 1.30 bits per heavy atom. The molecule has 23 heavy (non-hydrogen) atoms. The van der Waals surface area contributed by atoms with E-state index in [1.807, 2.05) is 0 Å². The maximum atomic E-state index is 10.9. The molecule has 128 valence electrons. The number of piperidine rings is 1. The van der Waals surface area contributed by atoms with Gasteiger partial charge in [-0.05, 0) is 74.3 Å². The van der Waals surface area contributed by atoms with Gasteiger partial charge in [0.05, 0.1) is 0 Å². The van der Waals surface area contributed by atoms with Gasteiger partial charge in [0, 0.05) is 13.5 Å². The van der Waals surface area contributed by atoms with Crippen LogP contribution in [-0.4, -0.2) is 37.0 Å². The van der Waals surface area contributed by atoms with E-state index in [-0.39, 0.29) is 5.91 Å². The van der Waals surface area contributed by atoms with Crippen LogP contribution in [0.15, 0.2) is 18.2 Å². The van der Waals surface area contributed by atoms with Crippen molar-refractivity contribution in [1.29, 1.82) is 0 Å². The summed E-state index contributed by atoms with van der Waals surface area (Å²) >= 11 is 0. The first-order valence-corrected chi connectivity index (χ1v) is 9.04. The molecule has 3 heteroatoms. The molecule has 0 radical (unpaired) electrons. The standard InChI is InChI=1S/C20H32N2O/c1-15(2)19-7-6-16(3)20(14-19)18-8-12-22(13-9-18)11-5-10-21-17(4)23/h6-7,14-15,18H,5,8-13H2,1-4H3,(H,21,23). The second-order valence-corrected chi connectivity index (χ2v) is 7.22. The van der Waals surface area contributed by atoms with E-state index in [1.165, 1.54) is 37.1 Å². The lowest BCUT2D eigenvalue weighted by atomic mass is 9.84. The Bertz CT molecular complexity index is 516. The number of benzene rings is 1. The van der Waals surface area contributed by atoms with E-state index in [9.17, 15) is 4.79 Å². The molecule has 1 aromatic rings. The Morgan fingerprint density at radius 3 is 2.61 bits per heavy atom. The second kappa shape index (κ2) is 8.49. The van der Waals surface area contributed by atoms with Crippen LogP contribution in [0.4, 0.5) is 0 Å². The lowest BCUT2D eigenvalue weighted by Crippen LogP contribution is -2.35. The Kier molecular flexibility index (Phi) is 6.64. The Hall–Kier alpha value is -1.35. The maximum Gasteiger partial charge on any atom is 0.216 e. The van der Waals surface area contributed by atoms with Crippen molar-refractivity contribution < 1.29 is 4.79 Å². The van der Waals surface area contributed by atoms with Crippen molar-refractivity contribution in [3.63, 3.8) is 0 Å². The minimum atomic E-state index is 0.0733. The molecular formula is C20H32N2O. The summed E-state index contributed by atoms with van der Waals surface area (Å²) in [6, 6.07) is 7.02. The number of carbonyl (C=O) groups is 1. The number of amides is 1. The second-order valence-electron chi connectivity index (χ2n) is 7.22. The van der Waals surface area contributed by atoms with Gasteiger partial charge in [-0.1, -0.05) is 32.0 Å². The number of rotatable bonds is 6. The first-order chi connectivity index (χ1) is 11.0. The van der Waals surface area contributed by atoms with E-state index >= 15 is 0 Å². The molecule has 0 saturated carbocycles. The summed E-state index contributed by atoms with van der Waals surface area (Å²) in [5.74, 6) is 1.38. The van der Waals surface area contributed by atoms with Gasteiger partial charge < -0.3 is 10.2 Å². The average molecular weight is 316 g/mol. The Labute approximate surface area is 141 Å². The van der Waals surface area contributed by atoms with Crippen molar-refractivity contribution >= 4 is 5.91 Å². The van der Waals surface area contributed by atoms with Crippen LogP contribution in [0.25, 0.3) is 0 Å². The highest BCUT2D eigenvalue weighted by Gasteiger charge is 2.22. The molecule has 1 saturated heterocycles. The van der Waals surface area contributed by atoms with Crippen molar-refractivity contribution in [2.75, 3.05) is 26.2 Å². The number of nitrogens with zero attached hydrogens (tertiary/aromatic N) is 1. The molecule has 0 spiro atoms. The first-order valence-electron chi connectivity index (χ1n) is 9.04. The molecule has 2 rings (SSSR count). The smallest absolute Gasteiger partial charge is 0.216 e. The highest BCUT2D eigenvalue weighted by atomic mass is 16.1. The van der Waals surface area contributed by atoms with Crippen LogP contribution in [0.5, 0.6) is 0 Å². The van der Waals surface area contributed by atoms with E-state index in [0.717, 1.165) is 19.5 Å². The summed E-state index contributed by atoms with van der Waals surface area (Å²) in [5, 5.41) is 2.88. The summed E-state index contributed by atoms with van der Waals surface area (Å²) < 4.78 is 0. The van der Waals surface area contributed by atoms with Crippen LogP contribution >= 0.6 is 0 Å². The highest BCUT2D eigenvalue weighted by Crippen LogP contribution is 2.32. The molecule has 1 amide bonds. The van der Waals surface area contributed by atoms with Gasteiger partial charge in [-0.25, -0.2) is 0 Å². The molecule has 1 aromatic carbocycles. The van der Waals surface area contributed by atoms with Crippen LogP contribution in [0, 0.1) is 6.92 Å². The van der Waals surface area contributed by atoms with E-state index in [2.05, 4.69) is 49.2 Å². The van der Waals surface area contributed by atoms with Gasteiger partial charge in [0.2, 0.25) is 5.91 Å². The number of likely N-dealkylation sites (tertiary alicyclic amines) is 1. The van der Waals surface area contributed by atoms with Gasteiger partial charge in [0.1, 0.15) is 0 Å². The van der Waals surface area contributed by atoms with E-state index < -0.39 is 0 Å². The molecule has 1 fully saturated rings. The monoisotopic (exact) mass is 316 g/mol. The third-order valence-electron chi connectivity index (χ3n) is 5.02. The Morgan fingerprint density at radius 2 is 2.00 bits per heavy atom. The van der Waals surface area contributed by atoms with Crippen molar-refractivity contribution in [3.05, 3.63) is 34.9 Å². The molecule has 0 bridgehead atoms. The van der Waals surface area contributed by atoms with E-state index in [1.54, 1.807) is 12.5 Å². The summed E-state index contributed by atoms with van der Waals surface area (Å²) in [6.45, 7) is 12.6. The molecular weight excluding hydrogens is 284 g/mol. The fourth-order valence-corrected chi connectivity index (χ4v) is 3.49. The molecule has 0 aromatic heterocycles. The Balaban J connectivity index is 1.84. The number of aryl methyl sites for hydroxylation is 1. The van der Waals surface area contributed by atoms with Gasteiger partial charge >= 0.3 is 0 Å². The molecule has 0 unspecified atom stereocenters. The van der Waals surface area contributed by atoms with Crippen molar-refractivity contribution in [1.82, 2.24) is 10.2 Å². The van der Waals surface area contributed by atoms with Crippen LogP contribution in [0.2, 0.25) is 0 Å². The number of hydrogen-bond donors (Lipinski definition) is 1. The summed E-state index contributed by atoms with van der Waals surface area (Å²) in [6.07, 6.45) is 3.55. The summed E-state index contributed by atoms with van der Waals surface area (Å²) in [5.41, 5.74) is 4.47. The zero-order valence-electron chi connectivity index (χ0n) is 15.2. The number of nitrogens with one attached hydrogen (secondary N) is 1. The quantitative estimate of drug-likeness (QED) is 0.809. The van der Waals surface area contributed by atoms with Crippen LogP contribution in [0.1, 0.15) is 68.6 Å². The molecule has 1 heterocycles. The number of carbonyl (C=O) groups excluding carboxylic acids is 1. The minimum Gasteiger partial charge on any atom is -0.356 e. The zero-order chi connectivity index (χ0) is 16.8. The van der Waals surface area contributed by atoms with Gasteiger partial charge in [-0.15, -0.1) is 0 Å². The average Bonchev–Trinajstić information content (AvgIpc) is 2.52. The summed E-state index contributed by atoms with van der Waals surface area (Å²) in [7, 11) is 0. The van der Waals surface area contributed by atoms with E-state index in [4.69, 9.17) is 0 Å². The highest BCUT2D eigenvalue weighted by molar-refractivity contribution is 5.72. The fourth-order valence-electron chi connectivity index (χ4n) is 3.49. The summed E-state index contributed by atoms with van der Waals surface area (Å²) in [4.78, 5) is 13.4. The topological polar surface area (TPSA) is 32.3 Å². The van der Waals surface area contributed by atoms with Crippen molar-refractivity contribution in [2.45, 2.75) is 58.8 Å². The SMILES string of the molecule is CC(=O)NCCCN1CCC(c2cc(C(C)C)ccc2C)CC1. The first kappa shape index (κ1) is 18.0. The molecule has 3 nitrogen and oxygen atoms in total. The lowest BCUT2D eigenvalue weighted by Gasteiger charge is -2.33. The van der Waals surface area contributed by atoms with Gasteiger partial charge in [-0.3, -0.25) is 4.79 Å². The predicted octanol–water partition coefficient (Wildman–Crippen LogP) is 3.82. The lowest BCUT2D eigenvalue weighted by molar-refractivity contribution is -0.118. The zero-order valence-corrected chi connectivity index (χ0v) is 15.2. The normalized spacial score (nSPS) is 16.7. The van der Waals surface area contributed by atoms with Crippen LogP contribution in [-0.2, 0) is 4.79 Å². The number of hydrogen-bond acceptors (Lipinski definition) is 2. The van der Waals surface area contributed by atoms with Crippen LogP contribution < -0.4 is 5.32 Å². The maximum absolute atomic E-state index is 10.9. The third kappa shape index (κ3) is 5.35. The largest absolute Gasteiger partial charge is 0.356 e. The van der Waals surface area contributed by atoms with E-state index in [0.29, 0.717) is 11.8 Å². The minimum absolute atomic E-state index is 0.0733. The van der Waals surface area contributed by atoms with Gasteiger partial charge in [-0.2, -0.15) is 0 Å². The van der Waals surface area contributed by atoms with Crippen molar-refractivity contribution in [3.8, 4) is 0 Å². The van der Waals surface area contributed by atoms with Gasteiger partial charge in [0.25, 0.3) is 0 Å². The third-order valence-corrected chi connectivity index (χ3v) is 5.02. The van der Waals surface area contributed by atoms with Gasteiger partial charge in [0.15, 0.2) is 0 Å².